The second-order valence-electron chi connectivity index (χ2n) is 4.10. The number of nitrogens with zero attached hydrogens (tertiary/aromatic N) is 2. The fourth-order valence-corrected chi connectivity index (χ4v) is 2.52. The fraction of sp³-hybridized carbons (Fsp3) is 0.417. The van der Waals surface area contributed by atoms with E-state index in [1.165, 1.54) is 11.3 Å². The van der Waals surface area contributed by atoms with Crippen molar-refractivity contribution in [3.63, 3.8) is 0 Å². The SMILES string of the molecule is CNCCCc1nnc(-c2c[nH]c(C)cc2=O)s1. The smallest absolute Gasteiger partial charge is 0.192 e. The summed E-state index contributed by atoms with van der Waals surface area (Å²) in [6.45, 7) is 2.81. The standard InChI is InChI=1S/C12H16N4OS/c1-8-6-10(17)9(7-14-8)12-16-15-11(18-12)4-3-5-13-2/h6-7,13H,3-5H2,1-2H3,(H,14,17). The average molecular weight is 264 g/mol. The predicted molar refractivity (Wildman–Crippen MR) is 73.0 cm³/mol. The summed E-state index contributed by atoms with van der Waals surface area (Å²) in [4.78, 5) is 14.8. The lowest BCUT2D eigenvalue weighted by Crippen LogP contribution is -2.08. The van der Waals surface area contributed by atoms with Gasteiger partial charge in [0.25, 0.3) is 0 Å². The van der Waals surface area contributed by atoms with Gasteiger partial charge in [-0.25, -0.2) is 0 Å². The number of aromatic nitrogens is 3. The maximum atomic E-state index is 11.8. The van der Waals surface area contributed by atoms with Gasteiger partial charge in [-0.1, -0.05) is 11.3 Å². The van der Waals surface area contributed by atoms with Crippen LogP contribution in [-0.2, 0) is 6.42 Å². The highest BCUT2D eigenvalue weighted by molar-refractivity contribution is 7.14. The lowest BCUT2D eigenvalue weighted by atomic mass is 10.2. The first kappa shape index (κ1) is 12.9. The molecule has 0 aliphatic heterocycles. The minimum absolute atomic E-state index is 0.0100. The Labute approximate surface area is 109 Å². The highest BCUT2D eigenvalue weighted by Crippen LogP contribution is 2.20. The van der Waals surface area contributed by atoms with Crippen molar-refractivity contribution in [2.45, 2.75) is 19.8 Å². The molecule has 6 heteroatoms. The van der Waals surface area contributed by atoms with Gasteiger partial charge in [0.2, 0.25) is 0 Å². The molecule has 0 spiro atoms. The lowest BCUT2D eigenvalue weighted by Gasteiger charge is -1.96. The second kappa shape index (κ2) is 5.88. The molecule has 0 radical (unpaired) electrons. The van der Waals surface area contributed by atoms with Gasteiger partial charge in [-0.15, -0.1) is 10.2 Å². The molecule has 2 aromatic heterocycles. The molecule has 0 saturated carbocycles. The summed E-state index contributed by atoms with van der Waals surface area (Å²) in [5.41, 5.74) is 1.43. The van der Waals surface area contributed by atoms with E-state index in [1.54, 1.807) is 12.3 Å². The van der Waals surface area contributed by atoms with Crippen LogP contribution in [0.15, 0.2) is 17.1 Å². The first-order chi connectivity index (χ1) is 8.70. The molecule has 0 atom stereocenters. The summed E-state index contributed by atoms with van der Waals surface area (Å²) in [6, 6.07) is 1.58. The number of aryl methyl sites for hydroxylation is 2. The topological polar surface area (TPSA) is 70.7 Å². The van der Waals surface area contributed by atoms with Crippen molar-refractivity contribution in [1.29, 1.82) is 0 Å². The Morgan fingerprint density at radius 3 is 3.00 bits per heavy atom. The first-order valence-corrected chi connectivity index (χ1v) is 6.69. The van der Waals surface area contributed by atoms with Crippen LogP contribution >= 0.6 is 11.3 Å². The quantitative estimate of drug-likeness (QED) is 0.800. The van der Waals surface area contributed by atoms with Gasteiger partial charge in [-0.3, -0.25) is 4.79 Å². The van der Waals surface area contributed by atoms with E-state index in [2.05, 4.69) is 20.5 Å². The molecule has 18 heavy (non-hydrogen) atoms. The third-order valence-corrected chi connectivity index (χ3v) is 3.59. The highest BCUT2D eigenvalue weighted by atomic mass is 32.1. The summed E-state index contributed by atoms with van der Waals surface area (Å²) >= 11 is 1.49. The van der Waals surface area contributed by atoms with E-state index >= 15 is 0 Å². The van der Waals surface area contributed by atoms with Gasteiger partial charge in [0.1, 0.15) is 5.01 Å². The summed E-state index contributed by atoms with van der Waals surface area (Å²) in [6.07, 6.45) is 3.62. The number of hydrogen-bond donors (Lipinski definition) is 2. The van der Waals surface area contributed by atoms with Crippen LogP contribution in [0.25, 0.3) is 10.6 Å². The molecular formula is C12H16N4OS. The van der Waals surface area contributed by atoms with Crippen LogP contribution in [0.4, 0.5) is 0 Å². The van der Waals surface area contributed by atoms with E-state index in [0.29, 0.717) is 10.6 Å². The van der Waals surface area contributed by atoms with E-state index in [9.17, 15) is 4.79 Å². The molecule has 0 amide bonds. The van der Waals surface area contributed by atoms with E-state index in [4.69, 9.17) is 0 Å². The van der Waals surface area contributed by atoms with E-state index < -0.39 is 0 Å². The van der Waals surface area contributed by atoms with Gasteiger partial charge < -0.3 is 10.3 Å². The molecule has 0 bridgehead atoms. The van der Waals surface area contributed by atoms with Gasteiger partial charge in [0, 0.05) is 24.4 Å². The van der Waals surface area contributed by atoms with Crippen LogP contribution in [0.3, 0.4) is 0 Å². The molecule has 0 fully saturated rings. The molecule has 0 aliphatic carbocycles. The fourth-order valence-electron chi connectivity index (χ4n) is 1.62. The van der Waals surface area contributed by atoms with Crippen LogP contribution in [0.2, 0.25) is 0 Å². The zero-order valence-corrected chi connectivity index (χ0v) is 11.3. The number of nitrogens with one attached hydrogen (secondary N) is 2. The molecule has 0 saturated heterocycles. The highest BCUT2D eigenvalue weighted by Gasteiger charge is 2.09. The van der Waals surface area contributed by atoms with Gasteiger partial charge >= 0.3 is 0 Å². The van der Waals surface area contributed by atoms with Crippen molar-refractivity contribution in [3.8, 4) is 10.6 Å². The van der Waals surface area contributed by atoms with E-state index in [-0.39, 0.29) is 5.43 Å². The Kier molecular flexibility index (Phi) is 4.22. The first-order valence-electron chi connectivity index (χ1n) is 5.87. The summed E-state index contributed by atoms with van der Waals surface area (Å²) < 4.78 is 0. The molecule has 5 nitrogen and oxygen atoms in total. The Bertz CT molecular complexity index is 575. The molecule has 0 aromatic carbocycles. The number of aromatic amines is 1. The van der Waals surface area contributed by atoms with Crippen molar-refractivity contribution >= 4 is 11.3 Å². The molecule has 2 rings (SSSR count). The second-order valence-corrected chi connectivity index (χ2v) is 5.16. The molecule has 0 unspecified atom stereocenters. The zero-order chi connectivity index (χ0) is 13.0. The van der Waals surface area contributed by atoms with E-state index in [0.717, 1.165) is 30.1 Å². The predicted octanol–water partition coefficient (Wildman–Crippen LogP) is 1.35. The summed E-state index contributed by atoms with van der Waals surface area (Å²) in [7, 11) is 1.93. The van der Waals surface area contributed by atoms with Crippen LogP contribution < -0.4 is 10.7 Å². The largest absolute Gasteiger partial charge is 0.364 e. The lowest BCUT2D eigenvalue weighted by molar-refractivity contribution is 0.718. The number of pyridine rings is 1. The molecule has 2 aromatic rings. The van der Waals surface area contributed by atoms with Gasteiger partial charge in [0.05, 0.1) is 5.56 Å². The van der Waals surface area contributed by atoms with Crippen LogP contribution in [0.5, 0.6) is 0 Å². The third-order valence-electron chi connectivity index (χ3n) is 2.57. The van der Waals surface area contributed by atoms with Crippen molar-refractivity contribution in [1.82, 2.24) is 20.5 Å². The number of hydrogen-bond acceptors (Lipinski definition) is 5. The molecule has 2 heterocycles. The Hall–Kier alpha value is -1.53. The summed E-state index contributed by atoms with van der Waals surface area (Å²) in [5, 5.41) is 13.0. The number of H-pyrrole nitrogens is 1. The molecular weight excluding hydrogens is 248 g/mol. The number of rotatable bonds is 5. The van der Waals surface area contributed by atoms with Crippen LogP contribution in [-0.4, -0.2) is 28.8 Å². The monoisotopic (exact) mass is 264 g/mol. The Morgan fingerprint density at radius 2 is 2.28 bits per heavy atom. The van der Waals surface area contributed by atoms with E-state index in [1.807, 2.05) is 14.0 Å². The van der Waals surface area contributed by atoms with Crippen LogP contribution in [0.1, 0.15) is 17.1 Å². The van der Waals surface area contributed by atoms with Crippen molar-refractivity contribution in [3.05, 3.63) is 33.2 Å². The van der Waals surface area contributed by atoms with Gasteiger partial charge in [0.15, 0.2) is 10.4 Å². The Morgan fingerprint density at radius 1 is 1.44 bits per heavy atom. The minimum Gasteiger partial charge on any atom is -0.364 e. The summed E-state index contributed by atoms with van der Waals surface area (Å²) in [5.74, 6) is 0. The average Bonchev–Trinajstić information content (AvgIpc) is 2.78. The normalized spacial score (nSPS) is 10.8. The maximum Gasteiger partial charge on any atom is 0.192 e. The third kappa shape index (κ3) is 3.02. The van der Waals surface area contributed by atoms with Gasteiger partial charge in [-0.05, 0) is 26.9 Å². The molecule has 2 N–H and O–H groups in total. The van der Waals surface area contributed by atoms with Crippen molar-refractivity contribution < 1.29 is 0 Å². The van der Waals surface area contributed by atoms with Gasteiger partial charge in [-0.2, -0.15) is 0 Å². The Balaban J connectivity index is 2.16. The van der Waals surface area contributed by atoms with Crippen molar-refractivity contribution in [2.24, 2.45) is 0 Å². The molecule has 0 aliphatic rings. The zero-order valence-electron chi connectivity index (χ0n) is 10.5. The van der Waals surface area contributed by atoms with Crippen molar-refractivity contribution in [2.75, 3.05) is 13.6 Å². The minimum atomic E-state index is -0.0100. The van der Waals surface area contributed by atoms with Crippen LogP contribution in [0, 0.1) is 6.92 Å². The molecule has 96 valence electrons. The maximum absolute atomic E-state index is 11.8.